The number of nitrogens with zero attached hydrogens (tertiary/aromatic N) is 5. The van der Waals surface area contributed by atoms with Crippen molar-refractivity contribution < 1.29 is 4.79 Å². The van der Waals surface area contributed by atoms with Crippen LogP contribution in [0.3, 0.4) is 0 Å². The Morgan fingerprint density at radius 1 is 1.43 bits per heavy atom. The van der Waals surface area contributed by atoms with Crippen LogP contribution in [-0.2, 0) is 7.05 Å². The van der Waals surface area contributed by atoms with Gasteiger partial charge in [0.25, 0.3) is 5.91 Å². The Morgan fingerprint density at radius 3 is 3.05 bits per heavy atom. The fraction of sp³-hybridized carbons (Fsp3) is 0.429. The third-order valence-electron chi connectivity index (χ3n) is 3.58. The molecule has 21 heavy (non-hydrogen) atoms. The maximum atomic E-state index is 12.1. The van der Waals surface area contributed by atoms with Crippen molar-refractivity contribution in [2.24, 2.45) is 7.05 Å². The Labute approximate surface area is 123 Å². The van der Waals surface area contributed by atoms with Crippen molar-refractivity contribution in [1.29, 1.82) is 0 Å². The lowest BCUT2D eigenvalue weighted by Crippen LogP contribution is -2.48. The van der Waals surface area contributed by atoms with Crippen LogP contribution >= 0.6 is 0 Å². The smallest absolute Gasteiger partial charge is 0.272 e. The molecule has 3 heterocycles. The van der Waals surface area contributed by atoms with E-state index in [4.69, 9.17) is 0 Å². The van der Waals surface area contributed by atoms with Crippen molar-refractivity contribution in [3.8, 4) is 0 Å². The summed E-state index contributed by atoms with van der Waals surface area (Å²) in [4.78, 5) is 22.7. The van der Waals surface area contributed by atoms with Crippen LogP contribution in [0.5, 0.6) is 0 Å². The van der Waals surface area contributed by atoms with Gasteiger partial charge in [-0.2, -0.15) is 5.10 Å². The summed E-state index contributed by atoms with van der Waals surface area (Å²) in [6.45, 7) is 1.69. The minimum Gasteiger partial charge on any atom is -0.353 e. The largest absolute Gasteiger partial charge is 0.353 e. The second-order valence-corrected chi connectivity index (χ2v) is 5.20. The van der Waals surface area contributed by atoms with Crippen LogP contribution in [0, 0.1) is 0 Å². The van der Waals surface area contributed by atoms with Gasteiger partial charge in [0.2, 0.25) is 0 Å². The molecule has 7 heteroatoms. The first-order valence-electron chi connectivity index (χ1n) is 7.04. The minimum atomic E-state index is -0.124. The summed E-state index contributed by atoms with van der Waals surface area (Å²) >= 11 is 0. The van der Waals surface area contributed by atoms with Crippen LogP contribution in [0.25, 0.3) is 0 Å². The number of carbonyl (C=O) groups is 1. The Kier molecular flexibility index (Phi) is 3.81. The van der Waals surface area contributed by atoms with E-state index in [1.165, 1.54) is 0 Å². The summed E-state index contributed by atoms with van der Waals surface area (Å²) in [6.07, 6.45) is 8.85. The molecular formula is C14H18N6O. The number of hydrogen-bond donors (Lipinski definition) is 1. The fourth-order valence-corrected chi connectivity index (χ4v) is 2.55. The molecule has 1 aliphatic rings. The minimum absolute atomic E-state index is 0.107. The molecule has 1 fully saturated rings. The number of piperidine rings is 1. The lowest BCUT2D eigenvalue weighted by atomic mass is 10.1. The van der Waals surface area contributed by atoms with E-state index in [1.807, 2.05) is 0 Å². The maximum Gasteiger partial charge on any atom is 0.272 e. The number of aryl methyl sites for hydroxylation is 1. The molecule has 1 unspecified atom stereocenters. The van der Waals surface area contributed by atoms with E-state index < -0.39 is 0 Å². The monoisotopic (exact) mass is 286 g/mol. The molecule has 0 radical (unpaired) electrons. The summed E-state index contributed by atoms with van der Waals surface area (Å²) in [5, 5.41) is 7.17. The van der Waals surface area contributed by atoms with Gasteiger partial charge in [0.1, 0.15) is 11.5 Å². The molecular weight excluding hydrogens is 268 g/mol. The Morgan fingerprint density at radius 2 is 2.33 bits per heavy atom. The van der Waals surface area contributed by atoms with Crippen LogP contribution < -0.4 is 10.2 Å². The number of aromatic nitrogens is 4. The number of rotatable bonds is 3. The van der Waals surface area contributed by atoms with Crippen LogP contribution in [0.1, 0.15) is 23.3 Å². The average Bonchev–Trinajstić information content (AvgIpc) is 2.95. The van der Waals surface area contributed by atoms with E-state index in [0.717, 1.165) is 31.7 Å². The molecule has 0 spiro atoms. The van der Waals surface area contributed by atoms with Gasteiger partial charge in [0.15, 0.2) is 0 Å². The van der Waals surface area contributed by atoms with Crippen molar-refractivity contribution in [2.75, 3.05) is 18.0 Å². The molecule has 1 saturated heterocycles. The highest BCUT2D eigenvalue weighted by Gasteiger charge is 2.23. The molecule has 0 aliphatic carbocycles. The first-order chi connectivity index (χ1) is 10.2. The SMILES string of the molecule is Cn1ccc(C(=O)NC2CCCN(c3cnccn3)C2)n1. The zero-order valence-electron chi connectivity index (χ0n) is 11.9. The average molecular weight is 286 g/mol. The fourth-order valence-electron chi connectivity index (χ4n) is 2.55. The second-order valence-electron chi connectivity index (χ2n) is 5.20. The van der Waals surface area contributed by atoms with E-state index in [2.05, 4.69) is 25.3 Å². The molecule has 1 atom stereocenters. The third-order valence-corrected chi connectivity index (χ3v) is 3.58. The zero-order chi connectivity index (χ0) is 14.7. The Hall–Kier alpha value is -2.44. The van der Waals surface area contributed by atoms with Crippen molar-refractivity contribution in [3.05, 3.63) is 36.5 Å². The highest BCUT2D eigenvalue weighted by Crippen LogP contribution is 2.16. The molecule has 110 valence electrons. The predicted octanol–water partition coefficient (Wildman–Crippen LogP) is 0.609. The number of anilines is 1. The van der Waals surface area contributed by atoms with E-state index in [9.17, 15) is 4.79 Å². The number of hydrogen-bond acceptors (Lipinski definition) is 5. The molecule has 0 bridgehead atoms. The number of amides is 1. The highest BCUT2D eigenvalue weighted by atomic mass is 16.2. The summed E-state index contributed by atoms with van der Waals surface area (Å²) in [6, 6.07) is 1.83. The van der Waals surface area contributed by atoms with Gasteiger partial charge < -0.3 is 10.2 Å². The van der Waals surface area contributed by atoms with Gasteiger partial charge in [-0.1, -0.05) is 0 Å². The van der Waals surface area contributed by atoms with Crippen LogP contribution in [0.2, 0.25) is 0 Å². The molecule has 1 amide bonds. The van der Waals surface area contributed by atoms with Crippen LogP contribution in [-0.4, -0.2) is 44.8 Å². The summed E-state index contributed by atoms with van der Waals surface area (Å²) in [5.41, 5.74) is 0.453. The van der Waals surface area contributed by atoms with Gasteiger partial charge in [-0.15, -0.1) is 0 Å². The lowest BCUT2D eigenvalue weighted by Gasteiger charge is -2.33. The van der Waals surface area contributed by atoms with Crippen molar-refractivity contribution in [3.63, 3.8) is 0 Å². The first-order valence-corrected chi connectivity index (χ1v) is 7.04. The van der Waals surface area contributed by atoms with Crippen molar-refractivity contribution >= 4 is 11.7 Å². The molecule has 1 N–H and O–H groups in total. The normalized spacial score (nSPS) is 18.5. The van der Waals surface area contributed by atoms with E-state index in [-0.39, 0.29) is 11.9 Å². The molecule has 2 aromatic rings. The van der Waals surface area contributed by atoms with E-state index in [0.29, 0.717) is 5.69 Å². The first kappa shape index (κ1) is 13.5. The lowest BCUT2D eigenvalue weighted by molar-refractivity contribution is 0.0927. The van der Waals surface area contributed by atoms with Gasteiger partial charge in [0, 0.05) is 44.8 Å². The van der Waals surface area contributed by atoms with E-state index in [1.54, 1.807) is 42.6 Å². The van der Waals surface area contributed by atoms with Gasteiger partial charge in [-0.05, 0) is 18.9 Å². The highest BCUT2D eigenvalue weighted by molar-refractivity contribution is 5.92. The molecule has 2 aromatic heterocycles. The number of carbonyl (C=O) groups excluding carboxylic acids is 1. The van der Waals surface area contributed by atoms with Crippen molar-refractivity contribution in [1.82, 2.24) is 25.1 Å². The van der Waals surface area contributed by atoms with Gasteiger partial charge in [-0.25, -0.2) is 4.98 Å². The predicted molar refractivity (Wildman–Crippen MR) is 77.9 cm³/mol. The molecule has 0 aromatic carbocycles. The molecule has 0 saturated carbocycles. The Bertz CT molecular complexity index is 611. The molecule has 7 nitrogen and oxygen atoms in total. The number of nitrogens with one attached hydrogen (secondary N) is 1. The van der Waals surface area contributed by atoms with Crippen molar-refractivity contribution in [2.45, 2.75) is 18.9 Å². The summed E-state index contributed by atoms with van der Waals surface area (Å²) in [5.74, 6) is 0.732. The molecule has 3 rings (SSSR count). The standard InChI is InChI=1S/C14H18N6O/c1-19-8-4-12(18-19)14(21)17-11-3-2-7-20(10-11)13-9-15-5-6-16-13/h4-6,8-9,11H,2-3,7,10H2,1H3,(H,17,21). The van der Waals surface area contributed by atoms with Gasteiger partial charge in [-0.3, -0.25) is 14.5 Å². The van der Waals surface area contributed by atoms with E-state index >= 15 is 0 Å². The van der Waals surface area contributed by atoms with Gasteiger partial charge in [0.05, 0.1) is 6.20 Å². The van der Waals surface area contributed by atoms with Crippen LogP contribution in [0.15, 0.2) is 30.9 Å². The summed E-state index contributed by atoms with van der Waals surface area (Å²) in [7, 11) is 1.80. The zero-order valence-corrected chi connectivity index (χ0v) is 11.9. The Balaban J connectivity index is 1.62. The second kappa shape index (κ2) is 5.90. The quantitative estimate of drug-likeness (QED) is 0.894. The topological polar surface area (TPSA) is 75.9 Å². The maximum absolute atomic E-state index is 12.1. The third kappa shape index (κ3) is 3.18. The summed E-state index contributed by atoms with van der Waals surface area (Å²) < 4.78 is 1.63. The van der Waals surface area contributed by atoms with Gasteiger partial charge >= 0.3 is 0 Å². The van der Waals surface area contributed by atoms with Crippen LogP contribution in [0.4, 0.5) is 5.82 Å². The molecule has 1 aliphatic heterocycles.